The summed E-state index contributed by atoms with van der Waals surface area (Å²) in [5.74, 6) is 0.0825. The molecule has 3 rings (SSSR count). The molecule has 1 amide bonds. The highest BCUT2D eigenvalue weighted by molar-refractivity contribution is 8.00. The molecule has 0 unspecified atom stereocenters. The molecule has 26 heavy (non-hydrogen) atoms. The third-order valence-electron chi connectivity index (χ3n) is 3.97. The summed E-state index contributed by atoms with van der Waals surface area (Å²) in [6.45, 7) is 4.00. The van der Waals surface area contributed by atoms with E-state index in [1.165, 1.54) is 11.8 Å². The second kappa shape index (κ2) is 8.17. The van der Waals surface area contributed by atoms with E-state index in [0.29, 0.717) is 10.6 Å². The molecule has 6 heteroatoms. The second-order valence-corrected chi connectivity index (χ2v) is 7.63. The Kier molecular flexibility index (Phi) is 5.71. The van der Waals surface area contributed by atoms with Crippen molar-refractivity contribution in [3.05, 3.63) is 64.5 Å². The number of rotatable bonds is 5. The van der Waals surface area contributed by atoms with Gasteiger partial charge >= 0.3 is 0 Å². The minimum Gasteiger partial charge on any atom is -0.325 e. The van der Waals surface area contributed by atoms with E-state index in [1.807, 2.05) is 55.6 Å². The largest absolute Gasteiger partial charge is 0.325 e. The first kappa shape index (κ1) is 18.2. The normalized spacial score (nSPS) is 10.3. The average Bonchev–Trinajstić information content (AvgIpc) is 3.18. The molecule has 0 aliphatic heterocycles. The maximum absolute atomic E-state index is 12.3. The van der Waals surface area contributed by atoms with Crippen LogP contribution >= 0.6 is 23.1 Å². The van der Waals surface area contributed by atoms with E-state index in [0.717, 1.165) is 27.4 Å². The van der Waals surface area contributed by atoms with Crippen molar-refractivity contribution < 1.29 is 4.79 Å². The Labute approximate surface area is 160 Å². The lowest BCUT2D eigenvalue weighted by atomic mass is 10.1. The van der Waals surface area contributed by atoms with Crippen molar-refractivity contribution in [3.8, 4) is 16.6 Å². The van der Waals surface area contributed by atoms with Crippen molar-refractivity contribution in [3.63, 3.8) is 0 Å². The van der Waals surface area contributed by atoms with Gasteiger partial charge in [0.25, 0.3) is 0 Å². The summed E-state index contributed by atoms with van der Waals surface area (Å²) in [6, 6.07) is 15.5. The lowest BCUT2D eigenvalue weighted by molar-refractivity contribution is -0.113. The number of carbonyl (C=O) groups excluding carboxylic acids is 1. The van der Waals surface area contributed by atoms with Crippen LogP contribution in [0.5, 0.6) is 0 Å². The van der Waals surface area contributed by atoms with Gasteiger partial charge in [-0.05, 0) is 54.6 Å². The molecule has 0 fully saturated rings. The monoisotopic (exact) mass is 379 g/mol. The van der Waals surface area contributed by atoms with E-state index in [9.17, 15) is 10.1 Å². The number of nitriles is 1. The van der Waals surface area contributed by atoms with Crippen molar-refractivity contribution in [1.82, 2.24) is 4.98 Å². The number of hydrogen-bond acceptors (Lipinski definition) is 5. The van der Waals surface area contributed by atoms with Crippen LogP contribution in [0.3, 0.4) is 0 Å². The number of aryl methyl sites for hydroxylation is 1. The predicted octanol–water partition coefficient (Wildman–Crippen LogP) is 5.03. The molecule has 0 radical (unpaired) electrons. The number of hydrogen-bond donors (Lipinski definition) is 1. The van der Waals surface area contributed by atoms with Crippen LogP contribution in [0.4, 0.5) is 5.69 Å². The van der Waals surface area contributed by atoms with Crippen LogP contribution in [0.2, 0.25) is 0 Å². The van der Waals surface area contributed by atoms with Gasteiger partial charge in [0.1, 0.15) is 11.1 Å². The number of benzene rings is 1. The van der Waals surface area contributed by atoms with Gasteiger partial charge in [0.2, 0.25) is 5.91 Å². The van der Waals surface area contributed by atoms with E-state index < -0.39 is 0 Å². The number of aromatic nitrogens is 1. The summed E-state index contributed by atoms with van der Waals surface area (Å²) in [6.07, 6.45) is 0. The minimum absolute atomic E-state index is 0.115. The highest BCUT2D eigenvalue weighted by Gasteiger charge is 2.12. The third kappa shape index (κ3) is 4.13. The van der Waals surface area contributed by atoms with Crippen LogP contribution in [0, 0.1) is 25.2 Å². The van der Waals surface area contributed by atoms with Gasteiger partial charge in [0, 0.05) is 5.69 Å². The van der Waals surface area contributed by atoms with Gasteiger partial charge in [-0.1, -0.05) is 30.0 Å². The van der Waals surface area contributed by atoms with Crippen LogP contribution in [0.15, 0.2) is 52.9 Å². The molecule has 2 heterocycles. The van der Waals surface area contributed by atoms with Crippen LogP contribution in [0.25, 0.3) is 10.6 Å². The summed E-state index contributed by atoms with van der Waals surface area (Å²) in [7, 11) is 0. The van der Waals surface area contributed by atoms with Gasteiger partial charge in [0.15, 0.2) is 0 Å². The van der Waals surface area contributed by atoms with Crippen molar-refractivity contribution >= 4 is 34.7 Å². The first-order valence-electron chi connectivity index (χ1n) is 8.02. The average molecular weight is 380 g/mol. The first-order valence-corrected chi connectivity index (χ1v) is 9.89. The van der Waals surface area contributed by atoms with Crippen LogP contribution < -0.4 is 5.32 Å². The molecular formula is C20H17N3OS2. The fraction of sp³-hybridized carbons (Fsp3) is 0.150. The van der Waals surface area contributed by atoms with Crippen LogP contribution in [0.1, 0.15) is 16.7 Å². The standard InChI is InChI=1S/C20H17N3OS2/c1-13-5-3-6-16(14(13)2)22-19(24)12-26-20-15(11-21)8-9-17(23-20)18-7-4-10-25-18/h3-10H,12H2,1-2H3,(H,22,24). The van der Waals surface area contributed by atoms with E-state index in [4.69, 9.17) is 0 Å². The second-order valence-electron chi connectivity index (χ2n) is 5.72. The number of anilines is 1. The van der Waals surface area contributed by atoms with Crippen molar-refractivity contribution in [2.24, 2.45) is 0 Å². The first-order chi connectivity index (χ1) is 12.6. The Hall–Kier alpha value is -2.62. The van der Waals surface area contributed by atoms with Crippen molar-refractivity contribution in [1.29, 1.82) is 5.26 Å². The number of pyridine rings is 1. The minimum atomic E-state index is -0.115. The molecule has 0 spiro atoms. The van der Waals surface area contributed by atoms with Gasteiger partial charge in [-0.3, -0.25) is 4.79 Å². The zero-order valence-electron chi connectivity index (χ0n) is 14.4. The number of amides is 1. The number of nitrogens with one attached hydrogen (secondary N) is 1. The molecule has 0 saturated carbocycles. The zero-order valence-corrected chi connectivity index (χ0v) is 16.1. The molecule has 0 atom stereocenters. The highest BCUT2D eigenvalue weighted by atomic mass is 32.2. The van der Waals surface area contributed by atoms with Gasteiger partial charge in [-0.2, -0.15) is 5.26 Å². The fourth-order valence-electron chi connectivity index (χ4n) is 2.40. The molecule has 3 aromatic rings. The highest BCUT2D eigenvalue weighted by Crippen LogP contribution is 2.28. The maximum Gasteiger partial charge on any atom is 0.234 e. The summed E-state index contributed by atoms with van der Waals surface area (Å²) < 4.78 is 0. The van der Waals surface area contributed by atoms with E-state index in [1.54, 1.807) is 17.4 Å². The van der Waals surface area contributed by atoms with Gasteiger partial charge in [0.05, 0.1) is 21.9 Å². The van der Waals surface area contributed by atoms with Gasteiger partial charge < -0.3 is 5.32 Å². The summed E-state index contributed by atoms with van der Waals surface area (Å²) >= 11 is 2.87. The zero-order chi connectivity index (χ0) is 18.5. The lowest BCUT2D eigenvalue weighted by Gasteiger charge is -2.10. The third-order valence-corrected chi connectivity index (χ3v) is 5.86. The molecule has 0 bridgehead atoms. The molecule has 0 aliphatic rings. The summed E-state index contributed by atoms with van der Waals surface area (Å²) in [4.78, 5) is 17.9. The summed E-state index contributed by atoms with van der Waals surface area (Å²) in [5.41, 5.74) is 4.30. The Morgan fingerprint density at radius 3 is 2.81 bits per heavy atom. The predicted molar refractivity (Wildman–Crippen MR) is 108 cm³/mol. The number of thiophene rings is 1. The quantitative estimate of drug-likeness (QED) is 0.632. The summed E-state index contributed by atoms with van der Waals surface area (Å²) in [5, 5.41) is 14.8. The Morgan fingerprint density at radius 1 is 1.23 bits per heavy atom. The Balaban J connectivity index is 1.72. The van der Waals surface area contributed by atoms with Gasteiger partial charge in [-0.25, -0.2) is 4.98 Å². The van der Waals surface area contributed by atoms with E-state index in [2.05, 4.69) is 16.4 Å². The maximum atomic E-state index is 12.3. The number of nitrogens with zero attached hydrogens (tertiary/aromatic N) is 2. The molecule has 2 aromatic heterocycles. The smallest absolute Gasteiger partial charge is 0.234 e. The van der Waals surface area contributed by atoms with Gasteiger partial charge in [-0.15, -0.1) is 11.3 Å². The Morgan fingerprint density at radius 2 is 2.08 bits per heavy atom. The van der Waals surface area contributed by atoms with Crippen LogP contribution in [-0.2, 0) is 4.79 Å². The van der Waals surface area contributed by atoms with E-state index in [-0.39, 0.29) is 11.7 Å². The molecule has 1 aromatic carbocycles. The SMILES string of the molecule is Cc1cccc(NC(=O)CSc2nc(-c3cccs3)ccc2C#N)c1C. The molecule has 1 N–H and O–H groups in total. The van der Waals surface area contributed by atoms with Crippen molar-refractivity contribution in [2.45, 2.75) is 18.9 Å². The van der Waals surface area contributed by atoms with Crippen LogP contribution in [-0.4, -0.2) is 16.6 Å². The Bertz CT molecular complexity index is 975. The fourth-order valence-corrected chi connectivity index (χ4v) is 3.87. The number of carbonyl (C=O) groups is 1. The molecule has 4 nitrogen and oxygen atoms in total. The molecule has 0 aliphatic carbocycles. The molecule has 130 valence electrons. The number of thioether (sulfide) groups is 1. The van der Waals surface area contributed by atoms with Crippen molar-refractivity contribution in [2.75, 3.05) is 11.1 Å². The molecular weight excluding hydrogens is 362 g/mol. The lowest BCUT2D eigenvalue weighted by Crippen LogP contribution is -2.15. The topological polar surface area (TPSA) is 65.8 Å². The molecule has 0 saturated heterocycles. The van der Waals surface area contributed by atoms with E-state index >= 15 is 0 Å².